The maximum atomic E-state index is 13.7. The summed E-state index contributed by atoms with van der Waals surface area (Å²) in [7, 11) is 1.28. The molecule has 0 saturated heterocycles. The molecule has 2 N–H and O–H groups in total. The SMILES string of the molecule is COC1=CN(Cc2cc(F)c(F)c(F)c2)C(C)(Nc2ccc(OC(F)F)cc2C)NC1=O. The first-order valence-electron chi connectivity index (χ1n) is 9.34. The lowest BCUT2D eigenvalue weighted by Gasteiger charge is -2.45. The van der Waals surface area contributed by atoms with E-state index in [0.29, 0.717) is 11.3 Å². The van der Waals surface area contributed by atoms with Gasteiger partial charge >= 0.3 is 6.61 Å². The Morgan fingerprint density at radius 2 is 1.81 bits per heavy atom. The van der Waals surface area contributed by atoms with Gasteiger partial charge in [-0.05, 0) is 55.3 Å². The molecule has 11 heteroatoms. The molecule has 1 amide bonds. The smallest absolute Gasteiger partial charge is 0.387 e. The van der Waals surface area contributed by atoms with Crippen LogP contribution in [0.2, 0.25) is 0 Å². The molecule has 32 heavy (non-hydrogen) atoms. The molecule has 6 nitrogen and oxygen atoms in total. The maximum Gasteiger partial charge on any atom is 0.387 e. The van der Waals surface area contributed by atoms with E-state index in [0.717, 1.165) is 12.1 Å². The molecule has 0 saturated carbocycles. The molecule has 2 aromatic carbocycles. The van der Waals surface area contributed by atoms with E-state index in [-0.39, 0.29) is 23.6 Å². The summed E-state index contributed by atoms with van der Waals surface area (Å²) in [6.45, 7) is 0.0943. The number of nitrogens with one attached hydrogen (secondary N) is 2. The molecule has 0 radical (unpaired) electrons. The summed E-state index contributed by atoms with van der Waals surface area (Å²) in [5.74, 6) is -6.30. The first-order chi connectivity index (χ1) is 15.0. The van der Waals surface area contributed by atoms with Crippen molar-refractivity contribution < 1.29 is 36.2 Å². The largest absolute Gasteiger partial charge is 0.490 e. The van der Waals surface area contributed by atoms with Gasteiger partial charge in [-0.1, -0.05) is 0 Å². The van der Waals surface area contributed by atoms with Gasteiger partial charge in [-0.3, -0.25) is 4.79 Å². The van der Waals surface area contributed by atoms with Crippen molar-refractivity contribution in [1.82, 2.24) is 10.2 Å². The molecule has 1 heterocycles. The van der Waals surface area contributed by atoms with E-state index in [4.69, 9.17) is 4.74 Å². The molecule has 3 rings (SSSR count). The summed E-state index contributed by atoms with van der Waals surface area (Å²) in [4.78, 5) is 13.9. The van der Waals surface area contributed by atoms with Crippen LogP contribution < -0.4 is 15.4 Å². The zero-order chi connectivity index (χ0) is 23.6. The van der Waals surface area contributed by atoms with Crippen LogP contribution in [0.15, 0.2) is 42.3 Å². The van der Waals surface area contributed by atoms with Crippen LogP contribution >= 0.6 is 0 Å². The normalized spacial score (nSPS) is 18.3. The molecule has 1 atom stereocenters. The van der Waals surface area contributed by atoms with Crippen LogP contribution in [0.4, 0.5) is 27.6 Å². The molecule has 2 aromatic rings. The van der Waals surface area contributed by atoms with Crippen LogP contribution in [0, 0.1) is 24.4 Å². The van der Waals surface area contributed by atoms with Crippen molar-refractivity contribution in [2.45, 2.75) is 32.8 Å². The Bertz CT molecular complexity index is 1040. The van der Waals surface area contributed by atoms with Crippen LogP contribution in [0.5, 0.6) is 5.75 Å². The summed E-state index contributed by atoms with van der Waals surface area (Å²) >= 11 is 0. The minimum atomic E-state index is -2.98. The first-order valence-corrected chi connectivity index (χ1v) is 9.34. The summed E-state index contributed by atoms with van der Waals surface area (Å²) in [5, 5.41) is 5.78. The number of hydrogen-bond donors (Lipinski definition) is 2. The number of amides is 1. The third-order valence-corrected chi connectivity index (χ3v) is 4.85. The fourth-order valence-corrected chi connectivity index (χ4v) is 3.25. The van der Waals surface area contributed by atoms with Gasteiger partial charge in [0.15, 0.2) is 29.0 Å². The van der Waals surface area contributed by atoms with E-state index in [1.165, 1.54) is 36.4 Å². The highest BCUT2D eigenvalue weighted by molar-refractivity contribution is 5.93. The molecular formula is C21H20F5N3O3. The second-order valence-corrected chi connectivity index (χ2v) is 7.21. The van der Waals surface area contributed by atoms with Crippen LogP contribution in [-0.4, -0.2) is 30.3 Å². The predicted molar refractivity (Wildman–Crippen MR) is 105 cm³/mol. The Morgan fingerprint density at radius 3 is 2.38 bits per heavy atom. The number of hydrogen-bond acceptors (Lipinski definition) is 5. The molecule has 0 fully saturated rings. The Labute approximate surface area is 180 Å². The number of ether oxygens (including phenoxy) is 2. The number of nitrogens with zero attached hydrogens (tertiary/aromatic N) is 1. The number of halogens is 5. The highest BCUT2D eigenvalue weighted by Crippen LogP contribution is 2.29. The van der Waals surface area contributed by atoms with Gasteiger partial charge < -0.3 is 25.0 Å². The van der Waals surface area contributed by atoms with Crippen LogP contribution in [0.3, 0.4) is 0 Å². The van der Waals surface area contributed by atoms with Gasteiger partial charge in [0.05, 0.1) is 13.3 Å². The molecule has 1 aliphatic heterocycles. The first kappa shape index (κ1) is 23.2. The van der Waals surface area contributed by atoms with Crippen molar-refractivity contribution in [3.05, 3.63) is 70.9 Å². The maximum absolute atomic E-state index is 13.7. The van der Waals surface area contributed by atoms with Crippen molar-refractivity contribution in [2.24, 2.45) is 0 Å². The average molecular weight is 457 g/mol. The Morgan fingerprint density at radius 1 is 1.16 bits per heavy atom. The zero-order valence-electron chi connectivity index (χ0n) is 17.3. The fourth-order valence-electron chi connectivity index (χ4n) is 3.25. The number of alkyl halides is 2. The van der Waals surface area contributed by atoms with E-state index in [1.54, 1.807) is 13.8 Å². The molecule has 0 aromatic heterocycles. The monoisotopic (exact) mass is 457 g/mol. The van der Waals surface area contributed by atoms with Gasteiger partial charge in [0.1, 0.15) is 5.75 Å². The summed E-state index contributed by atoms with van der Waals surface area (Å²) in [6, 6.07) is 5.87. The van der Waals surface area contributed by atoms with Gasteiger partial charge in [0, 0.05) is 12.2 Å². The number of carbonyl (C=O) groups excluding carboxylic acids is 1. The number of rotatable bonds is 7. The Balaban J connectivity index is 1.94. The topological polar surface area (TPSA) is 62.8 Å². The molecule has 1 aliphatic rings. The number of methoxy groups -OCH3 is 1. The predicted octanol–water partition coefficient (Wildman–Crippen LogP) is 4.22. The van der Waals surface area contributed by atoms with E-state index < -0.39 is 35.8 Å². The van der Waals surface area contributed by atoms with Crippen molar-refractivity contribution in [3.63, 3.8) is 0 Å². The summed E-state index contributed by atoms with van der Waals surface area (Å²) < 4.78 is 75.0. The standard InChI is InChI=1S/C21H20F5N3O3/c1-11-6-13(32-20(25)26)4-5-16(11)27-21(2)28-19(30)17(31-3)10-29(21)9-12-7-14(22)18(24)15(23)8-12/h4-8,10,20,27H,9H2,1-3H3,(H,28,30). The van der Waals surface area contributed by atoms with Crippen molar-refractivity contribution in [2.75, 3.05) is 12.4 Å². The Kier molecular flexibility index (Phi) is 6.47. The minimum absolute atomic E-state index is 0.0448. The highest BCUT2D eigenvalue weighted by Gasteiger charge is 2.38. The van der Waals surface area contributed by atoms with E-state index in [9.17, 15) is 26.7 Å². The molecule has 1 unspecified atom stereocenters. The Hall–Kier alpha value is -3.50. The second-order valence-electron chi connectivity index (χ2n) is 7.21. The highest BCUT2D eigenvalue weighted by atomic mass is 19.3. The molecule has 172 valence electrons. The van der Waals surface area contributed by atoms with Crippen molar-refractivity contribution in [1.29, 1.82) is 0 Å². The van der Waals surface area contributed by atoms with E-state index in [2.05, 4.69) is 15.4 Å². The molecular weight excluding hydrogens is 437 g/mol. The number of carbonyl (C=O) groups is 1. The van der Waals surface area contributed by atoms with Crippen molar-refractivity contribution in [3.8, 4) is 5.75 Å². The van der Waals surface area contributed by atoms with Crippen molar-refractivity contribution >= 4 is 11.6 Å². The van der Waals surface area contributed by atoms with Gasteiger partial charge in [0.2, 0.25) is 0 Å². The van der Waals surface area contributed by atoms with Crippen LogP contribution in [-0.2, 0) is 16.1 Å². The lowest BCUT2D eigenvalue weighted by molar-refractivity contribution is -0.125. The quantitative estimate of drug-likeness (QED) is 0.482. The van der Waals surface area contributed by atoms with Crippen LogP contribution in [0.1, 0.15) is 18.1 Å². The number of anilines is 1. The lowest BCUT2D eigenvalue weighted by atomic mass is 10.1. The number of aryl methyl sites for hydroxylation is 1. The molecule has 0 aliphatic carbocycles. The fraction of sp³-hybridized carbons (Fsp3) is 0.286. The van der Waals surface area contributed by atoms with E-state index in [1.807, 2.05) is 0 Å². The third-order valence-electron chi connectivity index (χ3n) is 4.85. The van der Waals surface area contributed by atoms with E-state index >= 15 is 0 Å². The second kappa shape index (κ2) is 8.93. The summed E-state index contributed by atoms with van der Waals surface area (Å²) in [6.07, 6.45) is 1.34. The summed E-state index contributed by atoms with van der Waals surface area (Å²) in [5.41, 5.74) is 1.08. The van der Waals surface area contributed by atoms with Crippen LogP contribution in [0.25, 0.3) is 0 Å². The van der Waals surface area contributed by atoms with Gasteiger partial charge in [-0.25, -0.2) is 13.2 Å². The minimum Gasteiger partial charge on any atom is -0.490 e. The van der Waals surface area contributed by atoms with Gasteiger partial charge in [-0.15, -0.1) is 0 Å². The number of benzene rings is 2. The molecule has 0 bridgehead atoms. The average Bonchev–Trinajstić information content (AvgIpc) is 2.70. The lowest BCUT2D eigenvalue weighted by Crippen LogP contribution is -2.64. The van der Waals surface area contributed by atoms with Gasteiger partial charge in [-0.2, -0.15) is 8.78 Å². The third kappa shape index (κ3) is 4.87. The zero-order valence-corrected chi connectivity index (χ0v) is 17.3. The van der Waals surface area contributed by atoms with Gasteiger partial charge in [0.25, 0.3) is 5.91 Å². The molecule has 0 spiro atoms.